The van der Waals surface area contributed by atoms with Gasteiger partial charge < -0.3 is 5.11 Å². The number of hydrogen-bond acceptors (Lipinski definition) is 3. The first-order valence-corrected chi connectivity index (χ1v) is 7.64. The molecule has 19 heavy (non-hydrogen) atoms. The number of rotatable bonds is 5. The van der Waals surface area contributed by atoms with Gasteiger partial charge in [0.25, 0.3) is 0 Å². The van der Waals surface area contributed by atoms with E-state index in [1.54, 1.807) is 0 Å². The Hall–Kier alpha value is -0.580. The fraction of sp³-hybridized carbons (Fsp3) is 0.786. The maximum atomic E-state index is 10.3. The van der Waals surface area contributed by atoms with Crippen molar-refractivity contribution in [3.05, 3.63) is 16.4 Å². The fourth-order valence-electron chi connectivity index (χ4n) is 3.10. The molecule has 0 atom stereocenters. The first-order chi connectivity index (χ1) is 9.07. The second kappa shape index (κ2) is 4.76. The molecule has 2 aliphatic rings. The molecule has 3 rings (SSSR count). The quantitative estimate of drug-likeness (QED) is 0.899. The van der Waals surface area contributed by atoms with Gasteiger partial charge in [-0.1, -0.05) is 18.5 Å². The number of aryl methyl sites for hydroxylation is 2. The highest BCUT2D eigenvalue weighted by Crippen LogP contribution is 2.45. The Labute approximate surface area is 119 Å². The van der Waals surface area contributed by atoms with E-state index in [1.807, 2.05) is 4.68 Å². The zero-order chi connectivity index (χ0) is 13.6. The molecular weight excluding hydrogens is 262 g/mol. The molecule has 1 saturated heterocycles. The number of likely N-dealkylation sites (tertiary alicyclic amines) is 1. The van der Waals surface area contributed by atoms with Crippen LogP contribution in [0, 0.1) is 5.92 Å². The van der Waals surface area contributed by atoms with Gasteiger partial charge in [-0.05, 0) is 32.1 Å². The molecule has 1 aromatic heterocycles. The van der Waals surface area contributed by atoms with Crippen molar-refractivity contribution in [2.24, 2.45) is 5.92 Å². The predicted octanol–water partition coefficient (Wildman–Crippen LogP) is 2.08. The van der Waals surface area contributed by atoms with Gasteiger partial charge in [0.05, 0.1) is 22.0 Å². The number of aromatic nitrogens is 2. The summed E-state index contributed by atoms with van der Waals surface area (Å²) >= 11 is 6.41. The van der Waals surface area contributed by atoms with E-state index in [0.29, 0.717) is 5.92 Å². The molecule has 0 radical (unpaired) electrons. The minimum absolute atomic E-state index is 0.420. The molecule has 106 valence electrons. The lowest BCUT2D eigenvalue weighted by Crippen LogP contribution is -2.62. The second-order valence-corrected chi connectivity index (χ2v) is 6.28. The van der Waals surface area contributed by atoms with E-state index in [4.69, 9.17) is 11.6 Å². The van der Waals surface area contributed by atoms with Gasteiger partial charge in [0, 0.05) is 26.2 Å². The Morgan fingerprint density at radius 2 is 2.05 bits per heavy atom. The molecule has 0 spiro atoms. The van der Waals surface area contributed by atoms with Crippen LogP contribution in [0.5, 0.6) is 0 Å². The van der Waals surface area contributed by atoms with Crippen LogP contribution in [0.4, 0.5) is 0 Å². The van der Waals surface area contributed by atoms with Crippen molar-refractivity contribution in [1.29, 1.82) is 0 Å². The smallest absolute Gasteiger partial charge is 0.0928 e. The highest BCUT2D eigenvalue weighted by molar-refractivity contribution is 6.31. The zero-order valence-electron chi connectivity index (χ0n) is 11.7. The van der Waals surface area contributed by atoms with E-state index in [0.717, 1.165) is 49.0 Å². The Balaban J connectivity index is 1.69. The summed E-state index contributed by atoms with van der Waals surface area (Å²) in [4.78, 5) is 2.27. The lowest BCUT2D eigenvalue weighted by Gasteiger charge is -2.47. The lowest BCUT2D eigenvalue weighted by atomic mass is 9.88. The molecule has 2 heterocycles. The van der Waals surface area contributed by atoms with Crippen LogP contribution in [0.3, 0.4) is 0 Å². The van der Waals surface area contributed by atoms with Gasteiger partial charge in [-0.3, -0.25) is 9.58 Å². The average Bonchev–Trinajstić information content (AvgIpc) is 3.15. The number of β-amino-alcohol motifs (C(OH)–C–C–N with tert-alkyl or cyclic N) is 1. The molecule has 1 aliphatic heterocycles. The first-order valence-electron chi connectivity index (χ1n) is 7.26. The molecule has 1 saturated carbocycles. The summed E-state index contributed by atoms with van der Waals surface area (Å²) in [5.41, 5.74) is 1.66. The van der Waals surface area contributed by atoms with Crippen LogP contribution in [-0.4, -0.2) is 38.5 Å². The highest BCUT2D eigenvalue weighted by Gasteiger charge is 2.51. The van der Waals surface area contributed by atoms with E-state index in [1.165, 1.54) is 12.8 Å². The Bertz CT molecular complexity index is 475. The summed E-state index contributed by atoms with van der Waals surface area (Å²) in [5, 5.41) is 15.7. The molecule has 1 aliphatic carbocycles. The van der Waals surface area contributed by atoms with Crippen LogP contribution in [-0.2, 0) is 19.5 Å². The summed E-state index contributed by atoms with van der Waals surface area (Å²) in [6.07, 6.45) is 3.25. The molecule has 5 heteroatoms. The average molecular weight is 284 g/mol. The van der Waals surface area contributed by atoms with Crippen molar-refractivity contribution in [2.75, 3.05) is 13.1 Å². The van der Waals surface area contributed by atoms with E-state index in [9.17, 15) is 5.11 Å². The molecule has 4 nitrogen and oxygen atoms in total. The highest BCUT2D eigenvalue weighted by atomic mass is 35.5. The van der Waals surface area contributed by atoms with Crippen LogP contribution in [0.2, 0.25) is 5.02 Å². The summed E-state index contributed by atoms with van der Waals surface area (Å²) < 4.78 is 2.00. The van der Waals surface area contributed by atoms with Gasteiger partial charge in [-0.2, -0.15) is 5.10 Å². The van der Waals surface area contributed by atoms with E-state index < -0.39 is 5.60 Å². The van der Waals surface area contributed by atoms with E-state index in [-0.39, 0.29) is 0 Å². The molecular formula is C14H22ClN3O. The number of hydrogen-bond donors (Lipinski definition) is 1. The van der Waals surface area contributed by atoms with E-state index >= 15 is 0 Å². The van der Waals surface area contributed by atoms with Gasteiger partial charge in [0.1, 0.15) is 0 Å². The van der Waals surface area contributed by atoms with Crippen LogP contribution < -0.4 is 0 Å². The van der Waals surface area contributed by atoms with Crippen molar-refractivity contribution in [3.8, 4) is 0 Å². The Morgan fingerprint density at radius 1 is 1.37 bits per heavy atom. The van der Waals surface area contributed by atoms with Gasteiger partial charge >= 0.3 is 0 Å². The number of nitrogens with zero attached hydrogens (tertiary/aromatic N) is 3. The Kier molecular flexibility index (Phi) is 3.36. The molecule has 2 fully saturated rings. The van der Waals surface area contributed by atoms with Crippen LogP contribution in [0.25, 0.3) is 0 Å². The maximum Gasteiger partial charge on any atom is 0.0928 e. The van der Waals surface area contributed by atoms with Crippen molar-refractivity contribution in [3.63, 3.8) is 0 Å². The molecule has 0 aromatic carbocycles. The predicted molar refractivity (Wildman–Crippen MR) is 75.2 cm³/mol. The summed E-state index contributed by atoms with van der Waals surface area (Å²) in [7, 11) is 0. The standard InChI is InChI=1S/C14H22ClN3O/c1-3-11-13(15)12(18(4-2)16-11)7-17-8-14(19,9-17)10-5-6-10/h10,19H,3-9H2,1-2H3. The lowest BCUT2D eigenvalue weighted by molar-refractivity contribution is -0.117. The van der Waals surface area contributed by atoms with Crippen LogP contribution >= 0.6 is 11.6 Å². The van der Waals surface area contributed by atoms with E-state index in [2.05, 4.69) is 23.8 Å². The maximum absolute atomic E-state index is 10.3. The minimum Gasteiger partial charge on any atom is -0.387 e. The fourth-order valence-corrected chi connectivity index (χ4v) is 3.43. The van der Waals surface area contributed by atoms with Gasteiger partial charge in [0.2, 0.25) is 0 Å². The van der Waals surface area contributed by atoms with Crippen molar-refractivity contribution >= 4 is 11.6 Å². The van der Waals surface area contributed by atoms with Crippen molar-refractivity contribution in [2.45, 2.75) is 51.8 Å². The Morgan fingerprint density at radius 3 is 2.58 bits per heavy atom. The molecule has 1 N–H and O–H groups in total. The third kappa shape index (κ3) is 2.30. The van der Waals surface area contributed by atoms with Gasteiger partial charge in [0.15, 0.2) is 0 Å². The van der Waals surface area contributed by atoms with Crippen LogP contribution in [0.1, 0.15) is 38.1 Å². The largest absolute Gasteiger partial charge is 0.387 e. The monoisotopic (exact) mass is 283 g/mol. The molecule has 0 unspecified atom stereocenters. The zero-order valence-corrected chi connectivity index (χ0v) is 12.4. The third-order valence-corrected chi connectivity index (χ3v) is 4.84. The van der Waals surface area contributed by atoms with Crippen molar-refractivity contribution < 1.29 is 5.11 Å². The third-order valence-electron chi connectivity index (χ3n) is 4.40. The second-order valence-electron chi connectivity index (χ2n) is 5.90. The topological polar surface area (TPSA) is 41.3 Å². The number of halogens is 1. The van der Waals surface area contributed by atoms with Gasteiger partial charge in [-0.25, -0.2) is 0 Å². The molecule has 0 bridgehead atoms. The summed E-state index contributed by atoms with van der Waals surface area (Å²) in [5.74, 6) is 0.543. The van der Waals surface area contributed by atoms with Crippen LogP contribution in [0.15, 0.2) is 0 Å². The molecule has 1 aromatic rings. The first kappa shape index (κ1) is 13.4. The normalized spacial score (nSPS) is 22.5. The summed E-state index contributed by atoms with van der Waals surface area (Å²) in [6, 6.07) is 0. The van der Waals surface area contributed by atoms with Crippen molar-refractivity contribution in [1.82, 2.24) is 14.7 Å². The van der Waals surface area contributed by atoms with Gasteiger partial charge in [-0.15, -0.1) is 0 Å². The number of aliphatic hydroxyl groups is 1. The summed E-state index contributed by atoms with van der Waals surface area (Å²) in [6.45, 7) is 7.37. The minimum atomic E-state index is -0.420. The SMILES string of the molecule is CCc1nn(CC)c(CN2CC(O)(C3CC3)C2)c1Cl. The molecule has 0 amide bonds.